The summed E-state index contributed by atoms with van der Waals surface area (Å²) in [5.74, 6) is -1.27. The zero-order valence-corrected chi connectivity index (χ0v) is 18.4. The third kappa shape index (κ3) is 4.38. The Labute approximate surface area is 193 Å². The van der Waals surface area contributed by atoms with Gasteiger partial charge in [0.25, 0.3) is 0 Å². The summed E-state index contributed by atoms with van der Waals surface area (Å²) in [5, 5.41) is 0.738. The Balaban J connectivity index is 1.32. The van der Waals surface area contributed by atoms with Crippen LogP contribution in [0.3, 0.4) is 0 Å². The first-order valence-electron chi connectivity index (χ1n) is 11.3. The number of carbonyl (C=O) groups is 1. The first-order valence-corrected chi connectivity index (χ1v) is 11.3. The number of rotatable bonds is 4. The van der Waals surface area contributed by atoms with Crippen LogP contribution >= 0.6 is 0 Å². The van der Waals surface area contributed by atoms with Gasteiger partial charge in [-0.2, -0.15) is 13.2 Å². The third-order valence-corrected chi connectivity index (χ3v) is 6.56. The van der Waals surface area contributed by atoms with Gasteiger partial charge in [0.2, 0.25) is 0 Å². The number of aromatic nitrogens is 1. The number of alkyl halides is 3. The Hall–Kier alpha value is -3.36. The number of fused-ring (bicyclic) bond motifs is 2. The highest BCUT2D eigenvalue weighted by Crippen LogP contribution is 2.36. The standard InChI is InChI=1S/C25H23F3N2O4/c26-25(27,28)20-7-2-8-29-23(20)30-9-3-6-17(13-30)24(32)33-14-18-12-22(31)34-21-11-16-5-1-4-15(16)10-19(18)21/h2,7-8,10-12,17H,1,3-6,9,13-14H2. The van der Waals surface area contributed by atoms with Crippen LogP contribution in [0, 0.1) is 5.92 Å². The number of nitrogens with zero attached hydrogens (tertiary/aromatic N) is 2. The van der Waals surface area contributed by atoms with E-state index in [2.05, 4.69) is 4.98 Å². The Morgan fingerprint density at radius 3 is 2.76 bits per heavy atom. The highest BCUT2D eigenvalue weighted by molar-refractivity contribution is 5.82. The minimum atomic E-state index is -4.54. The molecule has 2 aromatic heterocycles. The number of halogens is 3. The van der Waals surface area contributed by atoms with E-state index in [0.717, 1.165) is 30.7 Å². The Morgan fingerprint density at radius 2 is 1.97 bits per heavy atom. The van der Waals surface area contributed by atoms with Crippen molar-refractivity contribution < 1.29 is 27.1 Å². The van der Waals surface area contributed by atoms with Gasteiger partial charge in [-0.1, -0.05) is 0 Å². The molecule has 1 atom stereocenters. The average molecular weight is 472 g/mol. The minimum absolute atomic E-state index is 0.0874. The fraction of sp³-hybridized carbons (Fsp3) is 0.400. The summed E-state index contributed by atoms with van der Waals surface area (Å²) in [4.78, 5) is 30.3. The van der Waals surface area contributed by atoms with Crippen molar-refractivity contribution in [1.29, 1.82) is 0 Å². The number of esters is 1. The van der Waals surface area contributed by atoms with E-state index in [-0.39, 0.29) is 19.0 Å². The van der Waals surface area contributed by atoms with Crippen molar-refractivity contribution in [2.24, 2.45) is 5.92 Å². The number of anilines is 1. The van der Waals surface area contributed by atoms with Gasteiger partial charge >= 0.3 is 17.8 Å². The molecule has 5 rings (SSSR count). The second-order valence-electron chi connectivity index (χ2n) is 8.83. The summed E-state index contributed by atoms with van der Waals surface area (Å²) in [6.45, 7) is 0.358. The SMILES string of the molecule is O=C(OCc1cc(=O)oc2cc3c(cc12)CCC3)C1CCCN(c2ncccc2C(F)(F)F)C1. The monoisotopic (exact) mass is 472 g/mol. The predicted molar refractivity (Wildman–Crippen MR) is 118 cm³/mol. The maximum Gasteiger partial charge on any atom is 0.419 e. The van der Waals surface area contributed by atoms with E-state index >= 15 is 0 Å². The summed E-state index contributed by atoms with van der Waals surface area (Å²) >= 11 is 0. The molecule has 178 valence electrons. The molecule has 0 saturated carbocycles. The molecule has 3 heterocycles. The van der Waals surface area contributed by atoms with Crippen LogP contribution in [-0.2, 0) is 35.2 Å². The van der Waals surface area contributed by atoms with E-state index in [1.54, 1.807) is 0 Å². The van der Waals surface area contributed by atoms with E-state index in [9.17, 15) is 22.8 Å². The van der Waals surface area contributed by atoms with Crippen molar-refractivity contribution in [2.45, 2.75) is 44.9 Å². The van der Waals surface area contributed by atoms with E-state index in [0.29, 0.717) is 30.5 Å². The van der Waals surface area contributed by atoms with Crippen LogP contribution in [0.25, 0.3) is 11.0 Å². The molecule has 1 saturated heterocycles. The topological polar surface area (TPSA) is 72.6 Å². The Kier molecular flexibility index (Phi) is 5.79. The lowest BCUT2D eigenvalue weighted by Crippen LogP contribution is -2.40. The van der Waals surface area contributed by atoms with Crippen molar-refractivity contribution in [3.05, 3.63) is 69.2 Å². The van der Waals surface area contributed by atoms with Crippen molar-refractivity contribution in [3.63, 3.8) is 0 Å². The van der Waals surface area contributed by atoms with Crippen LogP contribution in [0.5, 0.6) is 0 Å². The van der Waals surface area contributed by atoms with Gasteiger partial charge < -0.3 is 14.1 Å². The molecular weight excluding hydrogens is 449 g/mol. The van der Waals surface area contributed by atoms with Gasteiger partial charge in [0.05, 0.1) is 11.5 Å². The molecule has 1 fully saturated rings. The number of hydrogen-bond acceptors (Lipinski definition) is 6. The molecular formula is C25H23F3N2O4. The van der Waals surface area contributed by atoms with E-state index in [4.69, 9.17) is 9.15 Å². The number of carbonyl (C=O) groups excluding carboxylic acids is 1. The van der Waals surface area contributed by atoms with E-state index < -0.39 is 29.3 Å². The number of aryl methyl sites for hydroxylation is 2. The number of ether oxygens (including phenoxy) is 1. The Bertz CT molecular complexity index is 1300. The lowest BCUT2D eigenvalue weighted by atomic mass is 9.97. The molecule has 0 bridgehead atoms. The highest BCUT2D eigenvalue weighted by Gasteiger charge is 2.37. The van der Waals surface area contributed by atoms with Gasteiger partial charge in [0.15, 0.2) is 0 Å². The van der Waals surface area contributed by atoms with Crippen LogP contribution < -0.4 is 10.5 Å². The van der Waals surface area contributed by atoms with E-state index in [1.807, 2.05) is 12.1 Å². The van der Waals surface area contributed by atoms with Crippen molar-refractivity contribution in [3.8, 4) is 0 Å². The molecule has 0 spiro atoms. The van der Waals surface area contributed by atoms with Gasteiger partial charge in [-0.25, -0.2) is 9.78 Å². The molecule has 1 aromatic carbocycles. The maximum absolute atomic E-state index is 13.4. The first-order chi connectivity index (χ1) is 16.3. The molecule has 1 aliphatic carbocycles. The number of hydrogen-bond donors (Lipinski definition) is 0. The van der Waals surface area contributed by atoms with Crippen molar-refractivity contribution in [1.82, 2.24) is 4.98 Å². The van der Waals surface area contributed by atoms with E-state index in [1.165, 1.54) is 34.4 Å². The molecule has 0 radical (unpaired) electrons. The van der Waals surface area contributed by atoms with Crippen molar-refractivity contribution >= 4 is 22.8 Å². The van der Waals surface area contributed by atoms with Gasteiger partial charge in [-0.3, -0.25) is 4.79 Å². The molecule has 9 heteroatoms. The van der Waals surface area contributed by atoms with Gasteiger partial charge in [0.1, 0.15) is 18.0 Å². The molecule has 34 heavy (non-hydrogen) atoms. The molecule has 3 aromatic rings. The summed E-state index contributed by atoms with van der Waals surface area (Å²) in [5.41, 5.74) is 2.06. The zero-order chi connectivity index (χ0) is 23.9. The lowest BCUT2D eigenvalue weighted by molar-refractivity contribution is -0.150. The van der Waals surface area contributed by atoms with Crippen LogP contribution in [0.4, 0.5) is 19.0 Å². The fourth-order valence-corrected chi connectivity index (χ4v) is 4.91. The molecule has 1 unspecified atom stereocenters. The maximum atomic E-state index is 13.4. The average Bonchev–Trinajstić information content (AvgIpc) is 3.28. The molecule has 0 amide bonds. The predicted octanol–water partition coefficient (Wildman–Crippen LogP) is 4.66. The minimum Gasteiger partial charge on any atom is -0.461 e. The van der Waals surface area contributed by atoms with Crippen LogP contribution in [0.2, 0.25) is 0 Å². The molecule has 6 nitrogen and oxygen atoms in total. The van der Waals surface area contributed by atoms with Crippen LogP contribution in [0.15, 0.2) is 45.7 Å². The van der Waals surface area contributed by atoms with Crippen LogP contribution in [-0.4, -0.2) is 24.0 Å². The van der Waals surface area contributed by atoms with Crippen molar-refractivity contribution in [2.75, 3.05) is 18.0 Å². The normalized spacial score (nSPS) is 18.2. The fourth-order valence-electron chi connectivity index (χ4n) is 4.91. The molecule has 0 N–H and O–H groups in total. The first kappa shape index (κ1) is 22.4. The second-order valence-corrected chi connectivity index (χ2v) is 8.83. The van der Waals surface area contributed by atoms with Crippen LogP contribution in [0.1, 0.15) is 41.5 Å². The second kappa shape index (κ2) is 8.77. The summed E-state index contributed by atoms with van der Waals surface area (Å²) in [6.07, 6.45) is 0.771. The zero-order valence-electron chi connectivity index (χ0n) is 18.4. The smallest absolute Gasteiger partial charge is 0.419 e. The molecule has 1 aliphatic heterocycles. The third-order valence-electron chi connectivity index (χ3n) is 6.56. The quantitative estimate of drug-likeness (QED) is 0.407. The highest BCUT2D eigenvalue weighted by atomic mass is 19.4. The van der Waals surface area contributed by atoms with Gasteiger partial charge in [0, 0.05) is 36.3 Å². The summed E-state index contributed by atoms with van der Waals surface area (Å²) in [7, 11) is 0. The lowest BCUT2D eigenvalue weighted by Gasteiger charge is -2.33. The number of piperidine rings is 1. The van der Waals surface area contributed by atoms with Gasteiger partial charge in [-0.05, 0) is 67.5 Å². The number of benzene rings is 1. The molecule has 2 aliphatic rings. The largest absolute Gasteiger partial charge is 0.461 e. The summed E-state index contributed by atoms with van der Waals surface area (Å²) in [6, 6.07) is 7.44. The number of pyridine rings is 1. The van der Waals surface area contributed by atoms with Gasteiger partial charge in [-0.15, -0.1) is 0 Å². The summed E-state index contributed by atoms with van der Waals surface area (Å²) < 4.78 is 51.2. The Morgan fingerprint density at radius 1 is 1.18 bits per heavy atom.